The Morgan fingerprint density at radius 1 is 1.21 bits per heavy atom. The average molecular weight is 350 g/mol. The molecule has 1 unspecified atom stereocenters. The van der Waals surface area contributed by atoms with Crippen LogP contribution in [-0.4, -0.2) is 40.6 Å². The van der Waals surface area contributed by atoms with Crippen LogP contribution in [0, 0.1) is 5.92 Å². The number of hydrogen-bond donors (Lipinski definition) is 4. The zero-order valence-corrected chi connectivity index (χ0v) is 12.8. The first-order valence-corrected chi connectivity index (χ1v) is 6.79. The number of alkyl halides is 3. The molecule has 0 aromatic heterocycles. The van der Waals surface area contributed by atoms with Crippen molar-refractivity contribution in [3.8, 4) is 5.75 Å². The molecule has 2 amide bonds. The van der Waals surface area contributed by atoms with Crippen LogP contribution in [0.25, 0.3) is 0 Å². The Labute approximate surface area is 135 Å². The van der Waals surface area contributed by atoms with Crippen molar-refractivity contribution in [2.24, 2.45) is 5.92 Å². The Hall–Kier alpha value is -2.33. The molecule has 1 rings (SSSR count). The van der Waals surface area contributed by atoms with Gasteiger partial charge in [-0.1, -0.05) is 13.8 Å². The van der Waals surface area contributed by atoms with Crippen LogP contribution in [0.5, 0.6) is 5.75 Å². The molecule has 0 fully saturated rings. The lowest BCUT2D eigenvalue weighted by atomic mass is 9.86. The van der Waals surface area contributed by atoms with Gasteiger partial charge in [0.1, 0.15) is 11.3 Å². The fourth-order valence-electron chi connectivity index (χ4n) is 1.94. The third kappa shape index (κ3) is 4.59. The van der Waals surface area contributed by atoms with Gasteiger partial charge >= 0.3 is 6.36 Å². The molecule has 0 saturated heterocycles. The molecule has 134 valence electrons. The van der Waals surface area contributed by atoms with Crippen LogP contribution < -0.4 is 15.5 Å². The molecule has 0 spiro atoms. The highest BCUT2D eigenvalue weighted by molar-refractivity contribution is 5.99. The summed E-state index contributed by atoms with van der Waals surface area (Å²) in [5.74, 6) is -2.94. The number of amides is 2. The average Bonchev–Trinajstić information content (AvgIpc) is 2.50. The largest absolute Gasteiger partial charge is 0.573 e. The molecular formula is C14H17F3N2O5. The summed E-state index contributed by atoms with van der Waals surface area (Å²) in [6.07, 6.45) is -4.85. The first-order chi connectivity index (χ1) is 11.1. The highest BCUT2D eigenvalue weighted by atomic mass is 19.4. The number of rotatable bonds is 6. The van der Waals surface area contributed by atoms with Crippen molar-refractivity contribution < 1.29 is 37.8 Å². The zero-order valence-electron chi connectivity index (χ0n) is 12.8. The fraction of sp³-hybridized carbons (Fsp3) is 0.429. The van der Waals surface area contributed by atoms with Crippen LogP contribution in [0.1, 0.15) is 24.2 Å². The lowest BCUT2D eigenvalue weighted by Gasteiger charge is -2.34. The van der Waals surface area contributed by atoms with Gasteiger partial charge < -0.3 is 15.2 Å². The predicted molar refractivity (Wildman–Crippen MR) is 75.2 cm³/mol. The van der Waals surface area contributed by atoms with Crippen LogP contribution in [0.2, 0.25) is 0 Å². The van der Waals surface area contributed by atoms with Gasteiger partial charge in [-0.25, -0.2) is 5.48 Å². The minimum absolute atomic E-state index is 0.0614. The first-order valence-electron chi connectivity index (χ1n) is 6.79. The lowest BCUT2D eigenvalue weighted by Crippen LogP contribution is -2.64. The van der Waals surface area contributed by atoms with E-state index in [0.717, 1.165) is 24.3 Å². The van der Waals surface area contributed by atoms with Crippen molar-refractivity contribution >= 4 is 11.8 Å². The maximum absolute atomic E-state index is 12.2. The van der Waals surface area contributed by atoms with Crippen molar-refractivity contribution in [1.82, 2.24) is 10.8 Å². The first kappa shape index (κ1) is 19.7. The molecule has 0 saturated carbocycles. The van der Waals surface area contributed by atoms with Gasteiger partial charge in [0.25, 0.3) is 11.8 Å². The quantitative estimate of drug-likeness (QED) is 0.456. The van der Waals surface area contributed by atoms with E-state index in [1.807, 2.05) is 0 Å². The van der Waals surface area contributed by atoms with Crippen LogP contribution in [0.3, 0.4) is 0 Å². The standard InChI is InChI=1S/C14H17F3N2O5/c1-8(2)13(7-20,12(22)19-23)18-11(21)9-3-5-10(6-4-9)24-14(15,16)17/h3-6,8,20,23H,7H2,1-2H3,(H,18,21)(H,19,22). The van der Waals surface area contributed by atoms with Gasteiger partial charge in [0, 0.05) is 5.56 Å². The summed E-state index contributed by atoms with van der Waals surface area (Å²) in [4.78, 5) is 24.0. The summed E-state index contributed by atoms with van der Waals surface area (Å²) >= 11 is 0. The maximum atomic E-state index is 12.2. The molecule has 0 aliphatic heterocycles. The Morgan fingerprint density at radius 3 is 2.12 bits per heavy atom. The van der Waals surface area contributed by atoms with E-state index in [4.69, 9.17) is 5.21 Å². The monoisotopic (exact) mass is 350 g/mol. The summed E-state index contributed by atoms with van der Waals surface area (Å²) in [7, 11) is 0. The highest BCUT2D eigenvalue weighted by Gasteiger charge is 2.42. The number of benzene rings is 1. The molecule has 1 atom stereocenters. The minimum atomic E-state index is -4.85. The number of carbonyl (C=O) groups is 2. The third-order valence-electron chi connectivity index (χ3n) is 3.43. The molecule has 7 nitrogen and oxygen atoms in total. The Morgan fingerprint density at radius 2 is 1.75 bits per heavy atom. The molecule has 24 heavy (non-hydrogen) atoms. The maximum Gasteiger partial charge on any atom is 0.573 e. The van der Waals surface area contributed by atoms with Gasteiger partial charge in [-0.2, -0.15) is 0 Å². The number of aliphatic hydroxyl groups is 1. The number of ether oxygens (including phenoxy) is 1. The number of halogens is 3. The fourth-order valence-corrected chi connectivity index (χ4v) is 1.94. The van der Waals surface area contributed by atoms with Crippen molar-refractivity contribution in [2.75, 3.05) is 6.61 Å². The van der Waals surface area contributed by atoms with Gasteiger partial charge in [0.05, 0.1) is 6.61 Å². The number of hydrogen-bond acceptors (Lipinski definition) is 5. The molecule has 0 heterocycles. The van der Waals surface area contributed by atoms with E-state index < -0.39 is 42.0 Å². The SMILES string of the molecule is CC(C)C(CO)(NC(=O)c1ccc(OC(F)(F)F)cc1)C(=O)NO. The van der Waals surface area contributed by atoms with Crippen LogP contribution in [0.15, 0.2) is 24.3 Å². The van der Waals surface area contributed by atoms with E-state index in [1.54, 1.807) is 0 Å². The smallest absolute Gasteiger partial charge is 0.406 e. The molecule has 1 aromatic carbocycles. The molecule has 0 aliphatic rings. The third-order valence-corrected chi connectivity index (χ3v) is 3.43. The summed E-state index contributed by atoms with van der Waals surface area (Å²) in [5.41, 5.74) is -0.489. The number of nitrogens with one attached hydrogen (secondary N) is 2. The summed E-state index contributed by atoms with van der Waals surface area (Å²) in [6.45, 7) is 2.27. The van der Waals surface area contributed by atoms with Crippen molar-refractivity contribution in [3.05, 3.63) is 29.8 Å². The second kappa shape index (κ2) is 7.49. The van der Waals surface area contributed by atoms with E-state index in [0.29, 0.717) is 0 Å². The van der Waals surface area contributed by atoms with Crippen LogP contribution >= 0.6 is 0 Å². The summed E-state index contributed by atoms with van der Waals surface area (Å²) < 4.78 is 39.9. The number of carbonyl (C=O) groups excluding carboxylic acids is 2. The topological polar surface area (TPSA) is 108 Å². The van der Waals surface area contributed by atoms with Crippen molar-refractivity contribution in [2.45, 2.75) is 25.7 Å². The Balaban J connectivity index is 2.98. The lowest BCUT2D eigenvalue weighted by molar-refractivity contribution is -0.274. The van der Waals surface area contributed by atoms with Crippen molar-refractivity contribution in [3.63, 3.8) is 0 Å². The second-order valence-corrected chi connectivity index (χ2v) is 5.25. The molecule has 0 bridgehead atoms. The van der Waals surface area contributed by atoms with E-state index in [2.05, 4.69) is 10.1 Å². The van der Waals surface area contributed by atoms with Gasteiger partial charge in [-0.15, -0.1) is 13.2 Å². The minimum Gasteiger partial charge on any atom is -0.406 e. The molecule has 1 aromatic rings. The molecule has 10 heteroatoms. The normalized spacial score (nSPS) is 14.0. The van der Waals surface area contributed by atoms with E-state index in [1.165, 1.54) is 19.3 Å². The molecule has 0 radical (unpaired) electrons. The van der Waals surface area contributed by atoms with E-state index >= 15 is 0 Å². The second-order valence-electron chi connectivity index (χ2n) is 5.25. The summed E-state index contributed by atoms with van der Waals surface area (Å²) in [6, 6.07) is 4.00. The predicted octanol–water partition coefficient (Wildman–Crippen LogP) is 1.21. The Bertz CT molecular complexity index is 589. The molecule has 0 aliphatic carbocycles. The van der Waals surface area contributed by atoms with E-state index in [-0.39, 0.29) is 5.56 Å². The van der Waals surface area contributed by atoms with Gasteiger partial charge in [-0.05, 0) is 30.2 Å². The van der Waals surface area contributed by atoms with Crippen molar-refractivity contribution in [1.29, 1.82) is 0 Å². The van der Waals surface area contributed by atoms with Crippen LogP contribution in [-0.2, 0) is 4.79 Å². The van der Waals surface area contributed by atoms with Crippen LogP contribution in [0.4, 0.5) is 13.2 Å². The number of aliphatic hydroxyl groups excluding tert-OH is 1. The summed E-state index contributed by atoms with van der Waals surface area (Å²) in [5, 5.41) is 20.6. The van der Waals surface area contributed by atoms with Gasteiger partial charge in [-0.3, -0.25) is 14.8 Å². The Kier molecular flexibility index (Phi) is 6.16. The van der Waals surface area contributed by atoms with E-state index in [9.17, 15) is 27.9 Å². The molecule has 4 N–H and O–H groups in total. The highest BCUT2D eigenvalue weighted by Crippen LogP contribution is 2.23. The van der Waals surface area contributed by atoms with Gasteiger partial charge in [0.2, 0.25) is 0 Å². The number of hydroxylamine groups is 1. The molecular weight excluding hydrogens is 333 g/mol. The zero-order chi connectivity index (χ0) is 18.5. The van der Waals surface area contributed by atoms with Gasteiger partial charge in [0.15, 0.2) is 0 Å².